The van der Waals surface area contributed by atoms with Crippen molar-refractivity contribution in [3.63, 3.8) is 0 Å². The lowest BCUT2D eigenvalue weighted by Gasteiger charge is -2.13. The van der Waals surface area contributed by atoms with Crippen LogP contribution in [0.2, 0.25) is 0 Å². The molecule has 0 unspecified atom stereocenters. The summed E-state index contributed by atoms with van der Waals surface area (Å²) in [6.07, 6.45) is 0.573. The fourth-order valence-corrected chi connectivity index (χ4v) is 1.97. The molecule has 0 bridgehead atoms. The van der Waals surface area contributed by atoms with Crippen LogP contribution in [0.1, 0.15) is 44.3 Å². The van der Waals surface area contributed by atoms with Crippen LogP contribution in [0, 0.1) is 13.8 Å². The molecule has 0 radical (unpaired) electrons. The maximum Gasteiger partial charge on any atom is 0.336 e. The topological polar surface area (TPSA) is 74.6 Å². The second-order valence-corrected chi connectivity index (χ2v) is 3.69. The van der Waals surface area contributed by atoms with Crippen molar-refractivity contribution in [3.05, 3.63) is 33.9 Å². The molecule has 4 nitrogen and oxygen atoms in total. The van der Waals surface area contributed by atoms with E-state index in [4.69, 9.17) is 10.2 Å². The summed E-state index contributed by atoms with van der Waals surface area (Å²) in [7, 11) is 0. The summed E-state index contributed by atoms with van der Waals surface area (Å²) >= 11 is 0. The third-order valence-corrected chi connectivity index (χ3v) is 2.66. The highest BCUT2D eigenvalue weighted by Crippen LogP contribution is 2.23. The molecule has 0 spiro atoms. The monoisotopic (exact) mass is 222 g/mol. The summed E-state index contributed by atoms with van der Waals surface area (Å²) in [4.78, 5) is 22.1. The fourth-order valence-electron chi connectivity index (χ4n) is 1.97. The van der Waals surface area contributed by atoms with Crippen molar-refractivity contribution in [3.8, 4) is 0 Å². The van der Waals surface area contributed by atoms with Crippen molar-refractivity contribution < 1.29 is 19.8 Å². The van der Waals surface area contributed by atoms with Crippen molar-refractivity contribution in [2.24, 2.45) is 0 Å². The molecule has 0 amide bonds. The van der Waals surface area contributed by atoms with Gasteiger partial charge in [0.2, 0.25) is 0 Å². The SMILES string of the molecule is CCc1cc(C)c(C(=O)O)c(C)c1C(=O)O. The van der Waals surface area contributed by atoms with Crippen molar-refractivity contribution in [2.45, 2.75) is 27.2 Å². The minimum absolute atomic E-state index is 0.0922. The molecule has 0 aromatic heterocycles. The van der Waals surface area contributed by atoms with Crippen molar-refractivity contribution in [1.29, 1.82) is 0 Å². The second kappa shape index (κ2) is 4.35. The minimum atomic E-state index is -1.08. The van der Waals surface area contributed by atoms with Crippen LogP contribution >= 0.6 is 0 Å². The van der Waals surface area contributed by atoms with E-state index in [1.54, 1.807) is 19.9 Å². The third kappa shape index (κ3) is 1.91. The number of benzene rings is 1. The molecule has 0 fully saturated rings. The van der Waals surface area contributed by atoms with E-state index in [0.717, 1.165) is 0 Å². The van der Waals surface area contributed by atoms with Crippen LogP contribution < -0.4 is 0 Å². The number of carboxylic acid groups (broad SMARTS) is 2. The van der Waals surface area contributed by atoms with Gasteiger partial charge in [0.1, 0.15) is 0 Å². The van der Waals surface area contributed by atoms with Gasteiger partial charge in [-0.25, -0.2) is 9.59 Å². The highest BCUT2D eigenvalue weighted by atomic mass is 16.4. The van der Waals surface area contributed by atoms with Crippen LogP contribution in [-0.2, 0) is 6.42 Å². The van der Waals surface area contributed by atoms with Gasteiger partial charge in [0.15, 0.2) is 0 Å². The van der Waals surface area contributed by atoms with Gasteiger partial charge >= 0.3 is 11.9 Å². The summed E-state index contributed by atoms with van der Waals surface area (Å²) < 4.78 is 0. The predicted octanol–water partition coefficient (Wildman–Crippen LogP) is 2.26. The molecule has 0 aliphatic rings. The molecule has 1 aromatic rings. The van der Waals surface area contributed by atoms with E-state index in [1.807, 2.05) is 6.92 Å². The molecule has 0 heterocycles. The van der Waals surface area contributed by atoms with Crippen molar-refractivity contribution in [2.75, 3.05) is 0 Å². The third-order valence-electron chi connectivity index (χ3n) is 2.66. The van der Waals surface area contributed by atoms with Gasteiger partial charge in [0.05, 0.1) is 11.1 Å². The van der Waals surface area contributed by atoms with Gasteiger partial charge in [-0.1, -0.05) is 13.0 Å². The summed E-state index contributed by atoms with van der Waals surface area (Å²) in [5.74, 6) is -2.16. The predicted molar refractivity (Wildman–Crippen MR) is 59.2 cm³/mol. The Balaban J connectivity index is 3.65. The Kier molecular flexibility index (Phi) is 3.32. The first-order valence-corrected chi connectivity index (χ1v) is 4.99. The number of rotatable bonds is 3. The standard InChI is InChI=1S/C12H14O4/c1-4-8-5-6(2)9(11(13)14)7(3)10(8)12(15)16/h5H,4H2,1-3H3,(H,13,14)(H,15,16). The minimum Gasteiger partial charge on any atom is -0.478 e. The van der Waals surface area contributed by atoms with Crippen LogP contribution in [0.4, 0.5) is 0 Å². The Morgan fingerprint density at radius 1 is 1.12 bits per heavy atom. The normalized spacial score (nSPS) is 10.2. The van der Waals surface area contributed by atoms with E-state index in [2.05, 4.69) is 0 Å². The highest BCUT2D eigenvalue weighted by Gasteiger charge is 2.20. The quantitative estimate of drug-likeness (QED) is 0.822. The number of hydrogen-bond acceptors (Lipinski definition) is 2. The Hall–Kier alpha value is -1.84. The van der Waals surface area contributed by atoms with Gasteiger partial charge in [0.25, 0.3) is 0 Å². The molecule has 1 rings (SSSR count). The number of carboxylic acids is 2. The van der Waals surface area contributed by atoms with E-state index >= 15 is 0 Å². The average molecular weight is 222 g/mol. The van der Waals surface area contributed by atoms with Crippen LogP contribution in [0.3, 0.4) is 0 Å². The molecular formula is C12H14O4. The van der Waals surface area contributed by atoms with Crippen molar-refractivity contribution >= 4 is 11.9 Å². The molecule has 2 N–H and O–H groups in total. The second-order valence-electron chi connectivity index (χ2n) is 3.69. The summed E-state index contributed by atoms with van der Waals surface area (Å²) in [5, 5.41) is 18.1. The van der Waals surface area contributed by atoms with E-state index in [-0.39, 0.29) is 11.1 Å². The first-order chi connectivity index (χ1) is 7.40. The smallest absolute Gasteiger partial charge is 0.336 e. The van der Waals surface area contributed by atoms with E-state index in [9.17, 15) is 9.59 Å². The average Bonchev–Trinajstić information content (AvgIpc) is 2.14. The highest BCUT2D eigenvalue weighted by molar-refractivity contribution is 5.98. The van der Waals surface area contributed by atoms with Crippen LogP contribution in [0.25, 0.3) is 0 Å². The first kappa shape index (κ1) is 12.2. The Bertz CT molecular complexity index is 461. The lowest BCUT2D eigenvalue weighted by atomic mass is 9.92. The Morgan fingerprint density at radius 2 is 1.62 bits per heavy atom. The number of carbonyl (C=O) groups is 2. The molecule has 1 aromatic carbocycles. The Morgan fingerprint density at radius 3 is 2.00 bits per heavy atom. The lowest BCUT2D eigenvalue weighted by Crippen LogP contribution is -2.12. The fraction of sp³-hybridized carbons (Fsp3) is 0.333. The van der Waals surface area contributed by atoms with Gasteiger partial charge in [-0.3, -0.25) is 0 Å². The molecule has 16 heavy (non-hydrogen) atoms. The summed E-state index contributed by atoms with van der Waals surface area (Å²) in [6, 6.07) is 1.64. The summed E-state index contributed by atoms with van der Waals surface area (Å²) in [6.45, 7) is 5.07. The molecule has 0 aliphatic carbocycles. The van der Waals surface area contributed by atoms with Gasteiger partial charge < -0.3 is 10.2 Å². The lowest BCUT2D eigenvalue weighted by molar-refractivity contribution is 0.0695. The van der Waals surface area contributed by atoms with Crippen molar-refractivity contribution in [1.82, 2.24) is 0 Å². The largest absolute Gasteiger partial charge is 0.478 e. The zero-order valence-corrected chi connectivity index (χ0v) is 9.50. The zero-order valence-electron chi connectivity index (χ0n) is 9.50. The van der Waals surface area contributed by atoms with Crippen LogP contribution in [-0.4, -0.2) is 22.2 Å². The molecule has 86 valence electrons. The maximum atomic E-state index is 11.1. The first-order valence-electron chi connectivity index (χ1n) is 4.99. The maximum absolute atomic E-state index is 11.1. The molecule has 0 saturated heterocycles. The van der Waals surface area contributed by atoms with Gasteiger partial charge in [-0.05, 0) is 37.0 Å². The molecule has 0 aliphatic heterocycles. The molecule has 4 heteroatoms. The zero-order chi connectivity index (χ0) is 12.5. The van der Waals surface area contributed by atoms with E-state index in [1.165, 1.54) is 0 Å². The van der Waals surface area contributed by atoms with Crippen LogP contribution in [0.15, 0.2) is 6.07 Å². The van der Waals surface area contributed by atoms with E-state index < -0.39 is 11.9 Å². The van der Waals surface area contributed by atoms with Gasteiger partial charge in [-0.2, -0.15) is 0 Å². The summed E-state index contributed by atoms with van der Waals surface area (Å²) in [5.41, 5.74) is 1.82. The van der Waals surface area contributed by atoms with Gasteiger partial charge in [-0.15, -0.1) is 0 Å². The number of aryl methyl sites for hydroxylation is 2. The molecule has 0 atom stereocenters. The van der Waals surface area contributed by atoms with E-state index in [0.29, 0.717) is 23.1 Å². The molecule has 0 saturated carbocycles. The van der Waals surface area contributed by atoms with Crippen LogP contribution in [0.5, 0.6) is 0 Å². The van der Waals surface area contributed by atoms with Gasteiger partial charge in [0, 0.05) is 0 Å². The molecular weight excluding hydrogens is 208 g/mol. The number of hydrogen-bond donors (Lipinski definition) is 2. The Labute approximate surface area is 93.5 Å². The number of aromatic carboxylic acids is 2.